The summed E-state index contributed by atoms with van der Waals surface area (Å²) in [6, 6.07) is 7.86. The highest BCUT2D eigenvalue weighted by atomic mass is 16.6. The van der Waals surface area contributed by atoms with Crippen molar-refractivity contribution in [2.45, 2.75) is 65.5 Å². The lowest BCUT2D eigenvalue weighted by atomic mass is 9.93. The van der Waals surface area contributed by atoms with Crippen molar-refractivity contribution < 1.29 is 9.72 Å². The fourth-order valence-corrected chi connectivity index (χ4v) is 4.16. The normalized spacial score (nSPS) is 14.8. The van der Waals surface area contributed by atoms with E-state index in [1.54, 1.807) is 18.5 Å². The lowest BCUT2D eigenvalue weighted by molar-refractivity contribution is -0.386. The predicted octanol–water partition coefficient (Wildman–Crippen LogP) is 4.25. The van der Waals surface area contributed by atoms with Crippen molar-refractivity contribution in [2.75, 3.05) is 6.54 Å². The van der Waals surface area contributed by atoms with Crippen molar-refractivity contribution >= 4 is 11.6 Å². The third kappa shape index (κ3) is 4.08. The van der Waals surface area contributed by atoms with Gasteiger partial charge in [0.15, 0.2) is 0 Å². The van der Waals surface area contributed by atoms with Crippen molar-refractivity contribution in [1.29, 1.82) is 0 Å². The second-order valence-corrected chi connectivity index (χ2v) is 7.51. The van der Waals surface area contributed by atoms with Crippen LogP contribution in [0.3, 0.4) is 0 Å². The van der Waals surface area contributed by atoms with Crippen LogP contribution in [0.15, 0.2) is 24.3 Å². The van der Waals surface area contributed by atoms with Crippen molar-refractivity contribution in [3.63, 3.8) is 0 Å². The van der Waals surface area contributed by atoms with Crippen molar-refractivity contribution in [1.82, 2.24) is 14.7 Å². The van der Waals surface area contributed by atoms with Gasteiger partial charge in [-0.1, -0.05) is 31.4 Å². The van der Waals surface area contributed by atoms with E-state index >= 15 is 0 Å². The van der Waals surface area contributed by atoms with E-state index in [0.717, 1.165) is 24.9 Å². The highest BCUT2D eigenvalue weighted by molar-refractivity contribution is 5.94. The summed E-state index contributed by atoms with van der Waals surface area (Å²) in [6.07, 6.45) is 5.84. The predicted molar refractivity (Wildman–Crippen MR) is 107 cm³/mol. The van der Waals surface area contributed by atoms with Crippen LogP contribution in [0.25, 0.3) is 0 Å². The molecule has 1 aliphatic carbocycles. The minimum atomic E-state index is -0.388. The minimum absolute atomic E-state index is 0.0675. The summed E-state index contributed by atoms with van der Waals surface area (Å²) in [4.78, 5) is 25.7. The van der Waals surface area contributed by atoms with Crippen LogP contribution in [0.5, 0.6) is 0 Å². The Hall–Kier alpha value is -2.70. The number of amides is 1. The lowest BCUT2D eigenvalue weighted by Gasteiger charge is -2.33. The summed E-state index contributed by atoms with van der Waals surface area (Å²) in [6.45, 7) is 6.56. The number of rotatable bonds is 6. The van der Waals surface area contributed by atoms with Crippen LogP contribution in [0, 0.1) is 24.0 Å². The fourth-order valence-electron chi connectivity index (χ4n) is 4.16. The van der Waals surface area contributed by atoms with Crippen LogP contribution in [-0.4, -0.2) is 38.1 Å². The van der Waals surface area contributed by atoms with E-state index in [-0.39, 0.29) is 16.5 Å². The van der Waals surface area contributed by atoms with Gasteiger partial charge in [-0.3, -0.25) is 19.6 Å². The standard InChI is InChI=1S/C21H28N4O3/c1-4-23(19-8-6-5-7-9-19)21(26)18-12-10-17(11-13-18)14-24-16(3)20(25(27)28)15(2)22-24/h10-13,19H,4-9,14H2,1-3H3. The number of hydrogen-bond donors (Lipinski definition) is 0. The zero-order chi connectivity index (χ0) is 20.3. The van der Waals surface area contributed by atoms with Gasteiger partial charge in [-0.25, -0.2) is 0 Å². The molecule has 1 saturated carbocycles. The van der Waals surface area contributed by atoms with Crippen LogP contribution in [0.4, 0.5) is 5.69 Å². The van der Waals surface area contributed by atoms with E-state index < -0.39 is 0 Å². The molecule has 7 nitrogen and oxygen atoms in total. The molecule has 1 heterocycles. The van der Waals surface area contributed by atoms with E-state index in [9.17, 15) is 14.9 Å². The summed E-state index contributed by atoms with van der Waals surface area (Å²) < 4.78 is 1.64. The van der Waals surface area contributed by atoms with Crippen LogP contribution < -0.4 is 0 Å². The largest absolute Gasteiger partial charge is 0.336 e. The van der Waals surface area contributed by atoms with Gasteiger partial charge in [-0.15, -0.1) is 0 Å². The average Bonchev–Trinajstić information content (AvgIpc) is 2.97. The summed E-state index contributed by atoms with van der Waals surface area (Å²) >= 11 is 0. The first-order valence-electron chi connectivity index (χ1n) is 10.0. The van der Waals surface area contributed by atoms with E-state index in [2.05, 4.69) is 5.10 Å². The molecule has 0 N–H and O–H groups in total. The van der Waals surface area contributed by atoms with Gasteiger partial charge in [0.05, 0.1) is 11.5 Å². The van der Waals surface area contributed by atoms with Gasteiger partial charge in [0.2, 0.25) is 0 Å². The number of aromatic nitrogens is 2. The van der Waals surface area contributed by atoms with Gasteiger partial charge >= 0.3 is 5.69 Å². The van der Waals surface area contributed by atoms with Gasteiger partial charge in [0.25, 0.3) is 5.91 Å². The molecule has 0 saturated heterocycles. The molecule has 1 aromatic carbocycles. The van der Waals surface area contributed by atoms with Crippen molar-refractivity contribution in [3.8, 4) is 0 Å². The maximum Gasteiger partial charge on any atom is 0.312 e. The van der Waals surface area contributed by atoms with Gasteiger partial charge in [0.1, 0.15) is 11.4 Å². The maximum absolute atomic E-state index is 13.0. The molecule has 0 aliphatic heterocycles. The van der Waals surface area contributed by atoms with E-state index in [4.69, 9.17) is 0 Å². The first-order chi connectivity index (χ1) is 13.4. The van der Waals surface area contributed by atoms with Gasteiger partial charge in [-0.2, -0.15) is 5.10 Å². The molecule has 0 spiro atoms. The second-order valence-electron chi connectivity index (χ2n) is 7.51. The average molecular weight is 384 g/mol. The molecule has 1 aromatic heterocycles. The van der Waals surface area contributed by atoms with Gasteiger partial charge < -0.3 is 4.90 Å². The summed E-state index contributed by atoms with van der Waals surface area (Å²) in [5, 5.41) is 15.4. The SMILES string of the molecule is CCN(C(=O)c1ccc(Cn2nc(C)c([N+](=O)[O-])c2C)cc1)C1CCCCC1. The van der Waals surface area contributed by atoms with Crippen LogP contribution in [0.2, 0.25) is 0 Å². The zero-order valence-electron chi connectivity index (χ0n) is 16.9. The number of carbonyl (C=O) groups excluding carboxylic acids is 1. The Morgan fingerprint density at radius 3 is 2.39 bits per heavy atom. The molecule has 28 heavy (non-hydrogen) atoms. The van der Waals surface area contributed by atoms with E-state index in [1.807, 2.05) is 36.1 Å². The molecule has 0 unspecified atom stereocenters. The third-order valence-corrected chi connectivity index (χ3v) is 5.68. The maximum atomic E-state index is 13.0. The fraction of sp³-hybridized carbons (Fsp3) is 0.524. The lowest BCUT2D eigenvalue weighted by Crippen LogP contribution is -2.41. The zero-order valence-corrected chi connectivity index (χ0v) is 16.9. The van der Waals surface area contributed by atoms with Crippen LogP contribution in [0.1, 0.15) is 66.3 Å². The van der Waals surface area contributed by atoms with Crippen molar-refractivity contribution in [2.24, 2.45) is 0 Å². The minimum Gasteiger partial charge on any atom is -0.336 e. The summed E-state index contributed by atoms with van der Waals surface area (Å²) in [7, 11) is 0. The first-order valence-corrected chi connectivity index (χ1v) is 10.0. The molecular weight excluding hydrogens is 356 g/mol. The number of nitro groups is 1. The monoisotopic (exact) mass is 384 g/mol. The Balaban J connectivity index is 1.73. The summed E-state index contributed by atoms with van der Waals surface area (Å²) in [5.41, 5.74) is 2.67. The second kappa shape index (κ2) is 8.54. The smallest absolute Gasteiger partial charge is 0.312 e. The van der Waals surface area contributed by atoms with Crippen LogP contribution in [-0.2, 0) is 6.54 Å². The molecule has 1 amide bonds. The van der Waals surface area contributed by atoms with E-state index in [0.29, 0.717) is 29.5 Å². The Labute approximate surface area is 165 Å². The third-order valence-electron chi connectivity index (χ3n) is 5.68. The molecule has 3 rings (SSSR count). The van der Waals surface area contributed by atoms with Gasteiger partial charge in [0, 0.05) is 18.2 Å². The van der Waals surface area contributed by atoms with Gasteiger partial charge in [-0.05, 0) is 51.3 Å². The number of hydrogen-bond acceptors (Lipinski definition) is 4. The van der Waals surface area contributed by atoms with E-state index in [1.165, 1.54) is 19.3 Å². The Bertz CT molecular complexity index is 851. The van der Waals surface area contributed by atoms with Crippen molar-refractivity contribution in [3.05, 3.63) is 56.9 Å². The Morgan fingerprint density at radius 2 is 1.86 bits per heavy atom. The van der Waals surface area contributed by atoms with Crippen LogP contribution >= 0.6 is 0 Å². The molecule has 1 aliphatic rings. The first kappa shape index (κ1) is 20.0. The molecule has 7 heteroatoms. The molecule has 1 fully saturated rings. The molecule has 0 radical (unpaired) electrons. The number of carbonyl (C=O) groups is 1. The molecular formula is C21H28N4O3. The quantitative estimate of drug-likeness (QED) is 0.551. The molecule has 150 valence electrons. The number of benzene rings is 1. The molecule has 0 bridgehead atoms. The number of nitrogens with zero attached hydrogens (tertiary/aromatic N) is 4. The Kier molecular flexibility index (Phi) is 6.11. The highest BCUT2D eigenvalue weighted by Gasteiger charge is 2.25. The highest BCUT2D eigenvalue weighted by Crippen LogP contribution is 2.25. The number of aryl methyl sites for hydroxylation is 1. The summed E-state index contributed by atoms with van der Waals surface area (Å²) in [5.74, 6) is 0.0858. The Morgan fingerprint density at radius 1 is 1.21 bits per heavy atom. The molecule has 2 aromatic rings. The topological polar surface area (TPSA) is 81.3 Å². The molecule has 0 atom stereocenters.